The highest BCUT2D eigenvalue weighted by Crippen LogP contribution is 2.37. The molecule has 1 aliphatic heterocycles. The summed E-state index contributed by atoms with van der Waals surface area (Å²) in [5, 5.41) is 0.772. The summed E-state index contributed by atoms with van der Waals surface area (Å²) in [6.45, 7) is 3.18. The Morgan fingerprint density at radius 1 is 0.900 bits per heavy atom. The van der Waals surface area contributed by atoms with Crippen molar-refractivity contribution >= 4 is 26.4 Å². The van der Waals surface area contributed by atoms with Crippen LogP contribution >= 0.6 is 0 Å². The van der Waals surface area contributed by atoms with E-state index in [1.165, 1.54) is 6.20 Å². The van der Waals surface area contributed by atoms with Crippen molar-refractivity contribution in [2.75, 3.05) is 52.3 Å². The number of ether oxygens (including phenoxy) is 2. The minimum atomic E-state index is -3.78. The Balaban J connectivity index is 1.92. The zero-order chi connectivity index (χ0) is 21.3. The molecule has 2 heterocycles. The highest BCUT2D eigenvalue weighted by atomic mass is 32.2. The van der Waals surface area contributed by atoms with Crippen LogP contribution in [0.1, 0.15) is 0 Å². The van der Waals surface area contributed by atoms with Gasteiger partial charge < -0.3 is 19.3 Å². The molecule has 0 radical (unpaired) electrons. The van der Waals surface area contributed by atoms with Crippen molar-refractivity contribution in [2.45, 2.75) is 9.79 Å². The minimum Gasteiger partial charge on any atom is -0.497 e. The van der Waals surface area contributed by atoms with Crippen molar-refractivity contribution in [1.29, 1.82) is 0 Å². The molecule has 0 atom stereocenters. The van der Waals surface area contributed by atoms with Crippen LogP contribution < -0.4 is 14.4 Å². The van der Waals surface area contributed by atoms with E-state index in [9.17, 15) is 8.42 Å². The van der Waals surface area contributed by atoms with E-state index in [0.717, 1.165) is 37.1 Å². The second-order valence-electron chi connectivity index (χ2n) is 7.32. The van der Waals surface area contributed by atoms with Gasteiger partial charge in [0.2, 0.25) is 9.84 Å². The maximum Gasteiger partial charge on any atom is 0.210 e. The fourth-order valence-corrected chi connectivity index (χ4v) is 5.13. The summed E-state index contributed by atoms with van der Waals surface area (Å²) in [5.74, 6) is 1.27. The molecule has 0 amide bonds. The number of methoxy groups -OCH3 is 2. The molecule has 1 aliphatic rings. The molecule has 1 saturated heterocycles. The summed E-state index contributed by atoms with van der Waals surface area (Å²) >= 11 is 0. The number of sulfone groups is 1. The Hall–Kier alpha value is -2.84. The number of hydrogen-bond donors (Lipinski definition) is 0. The molecule has 0 bridgehead atoms. The SMILES string of the molecule is COc1ccc(S(=O)(=O)c2cnc3ccc(OC)cc3c2N2CCN(C)CC2)cc1. The highest BCUT2D eigenvalue weighted by Gasteiger charge is 2.28. The van der Waals surface area contributed by atoms with E-state index < -0.39 is 9.84 Å². The zero-order valence-corrected chi connectivity index (χ0v) is 18.1. The van der Waals surface area contributed by atoms with Gasteiger partial charge >= 0.3 is 0 Å². The Kier molecular flexibility index (Phi) is 5.53. The van der Waals surface area contributed by atoms with E-state index in [4.69, 9.17) is 9.47 Å². The van der Waals surface area contributed by atoms with Gasteiger partial charge in [0, 0.05) is 37.8 Å². The van der Waals surface area contributed by atoms with E-state index in [2.05, 4.69) is 21.8 Å². The monoisotopic (exact) mass is 427 g/mol. The maximum atomic E-state index is 13.6. The Labute approximate surface area is 176 Å². The number of fused-ring (bicyclic) bond motifs is 1. The minimum absolute atomic E-state index is 0.206. The molecule has 158 valence electrons. The Bertz CT molecular complexity index is 1150. The summed E-state index contributed by atoms with van der Waals surface area (Å²) in [6, 6.07) is 12.0. The first-order valence-corrected chi connectivity index (χ1v) is 11.2. The molecule has 1 fully saturated rings. The molecule has 0 N–H and O–H groups in total. The van der Waals surface area contributed by atoms with Crippen LogP contribution in [0.3, 0.4) is 0 Å². The smallest absolute Gasteiger partial charge is 0.210 e. The third kappa shape index (κ3) is 3.68. The molecule has 7 nitrogen and oxygen atoms in total. The van der Waals surface area contributed by atoms with Crippen molar-refractivity contribution in [2.24, 2.45) is 0 Å². The normalized spacial score (nSPS) is 15.4. The van der Waals surface area contributed by atoms with Crippen LogP contribution in [0.2, 0.25) is 0 Å². The number of pyridine rings is 1. The van der Waals surface area contributed by atoms with Crippen LogP contribution in [-0.4, -0.2) is 65.7 Å². The molecule has 2 aromatic carbocycles. The number of hydrogen-bond acceptors (Lipinski definition) is 7. The van der Waals surface area contributed by atoms with Gasteiger partial charge in [-0.2, -0.15) is 0 Å². The molecular formula is C22H25N3O4S. The van der Waals surface area contributed by atoms with E-state index in [1.807, 2.05) is 18.2 Å². The third-order valence-electron chi connectivity index (χ3n) is 5.49. The topological polar surface area (TPSA) is 72.0 Å². The van der Waals surface area contributed by atoms with Gasteiger partial charge in [-0.15, -0.1) is 0 Å². The molecule has 0 unspecified atom stereocenters. The van der Waals surface area contributed by atoms with E-state index >= 15 is 0 Å². The molecule has 1 aromatic heterocycles. The number of piperazine rings is 1. The van der Waals surface area contributed by atoms with Gasteiger partial charge in [-0.05, 0) is 49.5 Å². The van der Waals surface area contributed by atoms with E-state index in [1.54, 1.807) is 38.5 Å². The van der Waals surface area contributed by atoms with Crippen molar-refractivity contribution < 1.29 is 17.9 Å². The average molecular weight is 428 g/mol. The lowest BCUT2D eigenvalue weighted by molar-refractivity contribution is 0.312. The summed E-state index contributed by atoms with van der Waals surface area (Å²) in [5.41, 5.74) is 1.42. The summed E-state index contributed by atoms with van der Waals surface area (Å²) in [6.07, 6.45) is 1.47. The highest BCUT2D eigenvalue weighted by molar-refractivity contribution is 7.91. The lowest BCUT2D eigenvalue weighted by atomic mass is 10.1. The van der Waals surface area contributed by atoms with Crippen LogP contribution in [0.4, 0.5) is 5.69 Å². The molecular weight excluding hydrogens is 402 g/mol. The maximum absolute atomic E-state index is 13.6. The van der Waals surface area contributed by atoms with Crippen molar-refractivity contribution in [3.63, 3.8) is 0 Å². The summed E-state index contributed by atoms with van der Waals surface area (Å²) in [4.78, 5) is 9.25. The Morgan fingerprint density at radius 2 is 1.53 bits per heavy atom. The van der Waals surface area contributed by atoms with Crippen LogP contribution in [0.5, 0.6) is 11.5 Å². The number of anilines is 1. The van der Waals surface area contributed by atoms with Gasteiger partial charge in [-0.3, -0.25) is 4.98 Å². The number of rotatable bonds is 5. The lowest BCUT2D eigenvalue weighted by Crippen LogP contribution is -2.45. The molecule has 8 heteroatoms. The van der Waals surface area contributed by atoms with Crippen LogP contribution in [-0.2, 0) is 9.84 Å². The quantitative estimate of drug-likeness (QED) is 0.620. The third-order valence-corrected chi connectivity index (χ3v) is 7.26. The van der Waals surface area contributed by atoms with E-state index in [0.29, 0.717) is 17.2 Å². The second-order valence-corrected chi connectivity index (χ2v) is 9.24. The molecule has 0 saturated carbocycles. The van der Waals surface area contributed by atoms with Crippen molar-refractivity contribution in [3.05, 3.63) is 48.7 Å². The number of nitrogens with zero attached hydrogens (tertiary/aromatic N) is 3. The largest absolute Gasteiger partial charge is 0.497 e. The molecule has 3 aromatic rings. The van der Waals surface area contributed by atoms with Crippen LogP contribution in [0, 0.1) is 0 Å². The van der Waals surface area contributed by atoms with Crippen molar-refractivity contribution in [3.8, 4) is 11.5 Å². The first kappa shape index (κ1) is 20.4. The predicted molar refractivity (Wildman–Crippen MR) is 116 cm³/mol. The lowest BCUT2D eigenvalue weighted by Gasteiger charge is -2.35. The first-order chi connectivity index (χ1) is 14.4. The molecule has 0 spiro atoms. The van der Waals surface area contributed by atoms with Crippen molar-refractivity contribution in [1.82, 2.24) is 9.88 Å². The number of aromatic nitrogens is 1. The van der Waals surface area contributed by atoms with Crippen LogP contribution in [0.25, 0.3) is 10.9 Å². The van der Waals surface area contributed by atoms with Gasteiger partial charge in [-0.25, -0.2) is 8.42 Å². The van der Waals surface area contributed by atoms with Gasteiger partial charge in [-0.1, -0.05) is 0 Å². The number of likely N-dealkylation sites (N-methyl/N-ethyl adjacent to an activating group) is 1. The van der Waals surface area contributed by atoms with Gasteiger partial charge in [0.1, 0.15) is 16.4 Å². The van der Waals surface area contributed by atoms with Gasteiger partial charge in [0.05, 0.1) is 30.3 Å². The molecule has 30 heavy (non-hydrogen) atoms. The van der Waals surface area contributed by atoms with Gasteiger partial charge in [0.15, 0.2) is 0 Å². The zero-order valence-electron chi connectivity index (χ0n) is 17.3. The molecule has 0 aliphatic carbocycles. The first-order valence-electron chi connectivity index (χ1n) is 9.73. The predicted octanol–water partition coefficient (Wildman–Crippen LogP) is 2.84. The van der Waals surface area contributed by atoms with E-state index in [-0.39, 0.29) is 9.79 Å². The second kappa shape index (κ2) is 8.12. The summed E-state index contributed by atoms with van der Waals surface area (Å²) in [7, 11) is 1.44. The fraction of sp³-hybridized carbons (Fsp3) is 0.318. The fourth-order valence-electron chi connectivity index (χ4n) is 3.70. The van der Waals surface area contributed by atoms with Crippen LogP contribution in [0.15, 0.2) is 58.5 Å². The van der Waals surface area contributed by atoms with Gasteiger partial charge in [0.25, 0.3) is 0 Å². The molecule has 4 rings (SSSR count). The Morgan fingerprint density at radius 3 is 2.17 bits per heavy atom. The standard InChI is InChI=1S/C22H25N3O4S/c1-24-10-12-25(13-11-24)22-19-14-17(29-3)6-9-20(19)23-15-21(22)30(26,27)18-7-4-16(28-2)5-8-18/h4-9,14-15H,10-13H2,1-3H3. The average Bonchev–Trinajstić information content (AvgIpc) is 2.78. The summed E-state index contributed by atoms with van der Waals surface area (Å²) < 4.78 is 37.8. The number of benzene rings is 2.